The topological polar surface area (TPSA) is 37.9 Å². The van der Waals surface area contributed by atoms with E-state index in [1.54, 1.807) is 0 Å². The number of aryl methyl sites for hydroxylation is 3. The fourth-order valence-electron chi connectivity index (χ4n) is 3.28. The second-order valence-corrected chi connectivity index (χ2v) is 7.24. The Bertz CT molecular complexity index is 958. The number of nitrogens with zero attached hydrogens (tertiary/aromatic N) is 2. The molecule has 0 atom stereocenters. The molecule has 3 rings (SSSR count). The van der Waals surface area contributed by atoms with Crippen LogP contribution in [0, 0.1) is 20.8 Å². The zero-order chi connectivity index (χ0) is 18.8. The molecule has 0 spiro atoms. The zero-order valence-corrected chi connectivity index (χ0v) is 18.4. The van der Waals surface area contributed by atoms with E-state index in [1.807, 2.05) is 35.3 Å². The third-order valence-electron chi connectivity index (χ3n) is 4.45. The van der Waals surface area contributed by atoms with Crippen molar-refractivity contribution < 1.29 is 26.3 Å². The largest absolute Gasteiger partial charge is 1.00 e. The molecular weight excluding hydrogens is 422 g/mol. The minimum atomic E-state index is -0.0873. The lowest BCUT2D eigenvalue weighted by molar-refractivity contribution is -0.687. The maximum absolute atomic E-state index is 11.3. The minimum absolute atomic E-state index is 0. The number of carbonyl (C=O) groups excluding carboxylic acids is 1. The van der Waals surface area contributed by atoms with Gasteiger partial charge in [0.15, 0.2) is 0 Å². The normalized spacial score (nSPS) is 10.4. The predicted octanol–water partition coefficient (Wildman–Crippen LogP) is 0.989. The molecule has 0 saturated carbocycles. The van der Waals surface area contributed by atoms with E-state index in [2.05, 4.69) is 61.6 Å². The van der Waals surface area contributed by atoms with Gasteiger partial charge in [0.25, 0.3) is 0 Å². The van der Waals surface area contributed by atoms with Crippen molar-refractivity contribution in [3.05, 3.63) is 71.3 Å². The Morgan fingerprint density at radius 2 is 1.81 bits per heavy atom. The summed E-state index contributed by atoms with van der Waals surface area (Å²) >= 11 is 4.56. The molecule has 4 nitrogen and oxygen atoms in total. The summed E-state index contributed by atoms with van der Waals surface area (Å²) in [7, 11) is 0. The van der Waals surface area contributed by atoms with Crippen LogP contribution in [-0.2, 0) is 11.3 Å². The van der Waals surface area contributed by atoms with Gasteiger partial charge >= 0.3 is 0 Å². The summed E-state index contributed by atoms with van der Waals surface area (Å²) in [5.74, 6) is -0.0873. The number of hydrogen-bond donors (Lipinski definition) is 2. The molecule has 0 saturated heterocycles. The van der Waals surface area contributed by atoms with E-state index in [-0.39, 0.29) is 22.9 Å². The van der Waals surface area contributed by atoms with Crippen molar-refractivity contribution in [3.63, 3.8) is 0 Å². The first-order chi connectivity index (χ1) is 12.3. The Kier molecular flexibility index (Phi) is 6.89. The second-order valence-electron chi connectivity index (χ2n) is 6.76. The highest BCUT2D eigenvalue weighted by Crippen LogP contribution is 2.23. The molecule has 0 aliphatic carbocycles. The first-order valence-electron chi connectivity index (χ1n) is 8.58. The molecule has 27 heavy (non-hydrogen) atoms. The highest BCUT2D eigenvalue weighted by Gasteiger charge is 2.13. The average molecular weight is 446 g/mol. The van der Waals surface area contributed by atoms with Gasteiger partial charge in [0, 0.05) is 18.7 Å². The van der Waals surface area contributed by atoms with Crippen LogP contribution in [0.1, 0.15) is 29.2 Å². The van der Waals surface area contributed by atoms with Crippen LogP contribution >= 0.6 is 12.6 Å². The van der Waals surface area contributed by atoms with E-state index in [1.165, 1.54) is 29.2 Å². The van der Waals surface area contributed by atoms with Gasteiger partial charge in [-0.1, -0.05) is 17.7 Å². The number of anilines is 1. The first kappa shape index (κ1) is 21.3. The SMILES string of the molecule is CC(=O)Nc1ccc(S)c(-n2cc[n+](Cc3c(C)cc(C)cc3C)c2)c1.[Br-]. The van der Waals surface area contributed by atoms with Crippen molar-refractivity contribution in [2.24, 2.45) is 0 Å². The first-order valence-corrected chi connectivity index (χ1v) is 9.03. The fraction of sp³-hybridized carbons (Fsp3) is 0.238. The number of carbonyl (C=O) groups is 1. The number of imidazole rings is 1. The summed E-state index contributed by atoms with van der Waals surface area (Å²) in [5.41, 5.74) is 6.94. The zero-order valence-electron chi connectivity index (χ0n) is 16.0. The van der Waals surface area contributed by atoms with Crippen LogP contribution in [-0.4, -0.2) is 10.5 Å². The Morgan fingerprint density at radius 3 is 2.44 bits per heavy atom. The summed E-state index contributed by atoms with van der Waals surface area (Å²) < 4.78 is 4.18. The van der Waals surface area contributed by atoms with Gasteiger partial charge in [0.2, 0.25) is 12.2 Å². The van der Waals surface area contributed by atoms with E-state index < -0.39 is 0 Å². The monoisotopic (exact) mass is 445 g/mol. The van der Waals surface area contributed by atoms with E-state index in [4.69, 9.17) is 0 Å². The molecule has 0 radical (unpaired) electrons. The van der Waals surface area contributed by atoms with Crippen molar-refractivity contribution in [2.75, 3.05) is 5.32 Å². The fourth-order valence-corrected chi connectivity index (χ4v) is 3.54. The molecule has 3 aromatic rings. The molecule has 1 heterocycles. The molecule has 0 bridgehead atoms. The van der Waals surface area contributed by atoms with Crippen LogP contribution in [0.4, 0.5) is 5.69 Å². The lowest BCUT2D eigenvalue weighted by atomic mass is 10.00. The number of benzene rings is 2. The van der Waals surface area contributed by atoms with Crippen molar-refractivity contribution in [1.82, 2.24) is 4.57 Å². The van der Waals surface area contributed by atoms with E-state index in [0.717, 1.165) is 22.8 Å². The number of rotatable bonds is 4. The van der Waals surface area contributed by atoms with Crippen LogP contribution in [0.15, 0.2) is 53.9 Å². The maximum atomic E-state index is 11.3. The van der Waals surface area contributed by atoms with Gasteiger partial charge in [-0.25, -0.2) is 9.13 Å². The molecule has 0 unspecified atom stereocenters. The quantitative estimate of drug-likeness (QED) is 0.456. The van der Waals surface area contributed by atoms with Crippen LogP contribution in [0.2, 0.25) is 0 Å². The smallest absolute Gasteiger partial charge is 0.249 e. The van der Waals surface area contributed by atoms with Gasteiger partial charge in [-0.05, 0) is 49.6 Å². The number of nitrogens with one attached hydrogen (secondary N) is 1. The molecule has 1 N–H and O–H groups in total. The van der Waals surface area contributed by atoms with Gasteiger partial charge < -0.3 is 22.3 Å². The van der Waals surface area contributed by atoms with Crippen LogP contribution < -0.4 is 26.9 Å². The van der Waals surface area contributed by atoms with E-state index in [9.17, 15) is 4.79 Å². The van der Waals surface area contributed by atoms with E-state index >= 15 is 0 Å². The number of thiol groups is 1. The summed E-state index contributed by atoms with van der Waals surface area (Å²) in [6, 6.07) is 10.1. The Hall–Kier alpha value is -2.05. The van der Waals surface area contributed by atoms with Crippen LogP contribution in [0.5, 0.6) is 0 Å². The molecule has 6 heteroatoms. The van der Waals surface area contributed by atoms with Crippen LogP contribution in [0.25, 0.3) is 5.69 Å². The molecule has 142 valence electrons. The third-order valence-corrected chi connectivity index (χ3v) is 4.82. The molecule has 1 aromatic heterocycles. The van der Waals surface area contributed by atoms with Gasteiger partial charge in [-0.3, -0.25) is 4.79 Å². The molecule has 1 amide bonds. The van der Waals surface area contributed by atoms with Crippen molar-refractivity contribution in [1.29, 1.82) is 0 Å². The highest BCUT2D eigenvalue weighted by molar-refractivity contribution is 7.80. The number of halogens is 1. The lowest BCUT2D eigenvalue weighted by Crippen LogP contribution is -3.00. The summed E-state index contributed by atoms with van der Waals surface area (Å²) in [4.78, 5) is 12.2. The molecule has 0 aliphatic heterocycles. The lowest BCUT2D eigenvalue weighted by Gasteiger charge is -2.09. The maximum Gasteiger partial charge on any atom is 0.249 e. The molecule has 0 fully saturated rings. The summed E-state index contributed by atoms with van der Waals surface area (Å²) in [6.45, 7) is 8.78. The van der Waals surface area contributed by atoms with Crippen molar-refractivity contribution in [2.45, 2.75) is 39.1 Å². The molecular formula is C21H24BrN3OS. The predicted molar refractivity (Wildman–Crippen MR) is 107 cm³/mol. The van der Waals surface area contributed by atoms with Crippen molar-refractivity contribution in [3.8, 4) is 5.69 Å². The summed E-state index contributed by atoms with van der Waals surface area (Å²) in [6.07, 6.45) is 6.10. The average Bonchev–Trinajstić information content (AvgIpc) is 3.00. The van der Waals surface area contributed by atoms with Crippen LogP contribution in [0.3, 0.4) is 0 Å². The minimum Gasteiger partial charge on any atom is -1.00 e. The van der Waals surface area contributed by atoms with Gasteiger partial charge in [-0.15, -0.1) is 12.6 Å². The third kappa shape index (κ3) is 5.02. The standard InChI is InChI=1S/C21H23N3OS.BrH/c1-14-9-15(2)19(16(3)10-14)12-23-7-8-24(13-23)20-11-18(22-17(4)25)5-6-21(20)26;/h5-11,13H,12H2,1-4H3,(H-,22,25,26);1H. The Balaban J connectivity index is 0.00000261. The Labute approximate surface area is 176 Å². The number of aromatic nitrogens is 2. The van der Waals surface area contributed by atoms with Crippen molar-refractivity contribution >= 4 is 24.2 Å². The van der Waals surface area contributed by atoms with Gasteiger partial charge in [0.05, 0.1) is 4.90 Å². The second kappa shape index (κ2) is 8.76. The summed E-state index contributed by atoms with van der Waals surface area (Å²) in [5, 5.41) is 2.82. The van der Waals surface area contributed by atoms with Gasteiger partial charge in [-0.2, -0.15) is 0 Å². The van der Waals surface area contributed by atoms with E-state index in [0.29, 0.717) is 0 Å². The number of hydrogen-bond acceptors (Lipinski definition) is 2. The highest BCUT2D eigenvalue weighted by atomic mass is 79.9. The molecule has 2 aromatic carbocycles. The Morgan fingerprint density at radius 1 is 1.15 bits per heavy atom. The molecule has 0 aliphatic rings. The number of amides is 1. The van der Waals surface area contributed by atoms with Gasteiger partial charge in [0.1, 0.15) is 24.6 Å².